The number of benzene rings is 2. The maximum Gasteiger partial charge on any atom is 0.237 e. The van der Waals surface area contributed by atoms with E-state index in [4.69, 9.17) is 0 Å². The highest BCUT2D eigenvalue weighted by atomic mass is 35.5. The van der Waals surface area contributed by atoms with E-state index in [0.717, 1.165) is 19.4 Å². The quantitative estimate of drug-likeness (QED) is 0.945. The highest BCUT2D eigenvalue weighted by molar-refractivity contribution is 5.87. The van der Waals surface area contributed by atoms with Crippen LogP contribution in [0.15, 0.2) is 42.5 Å². The second-order valence-electron chi connectivity index (χ2n) is 5.34. The van der Waals surface area contributed by atoms with E-state index in [1.165, 1.54) is 16.3 Å². The number of hydrogen-bond acceptors (Lipinski definition) is 2. The van der Waals surface area contributed by atoms with E-state index >= 15 is 0 Å². The molecule has 1 fully saturated rings. The molecule has 1 unspecified atom stereocenters. The van der Waals surface area contributed by atoms with Crippen LogP contribution < -0.4 is 5.32 Å². The number of amides is 1. The number of nitrogens with zero attached hydrogens (tertiary/aromatic N) is 1. The van der Waals surface area contributed by atoms with Crippen LogP contribution in [0.3, 0.4) is 0 Å². The Labute approximate surface area is 131 Å². The number of likely N-dealkylation sites (N-methyl/N-ethyl adjacent to an activating group) is 1. The summed E-state index contributed by atoms with van der Waals surface area (Å²) in [6, 6.07) is 15.0. The van der Waals surface area contributed by atoms with Crippen molar-refractivity contribution in [3.05, 3.63) is 48.0 Å². The van der Waals surface area contributed by atoms with Crippen molar-refractivity contribution in [3.63, 3.8) is 0 Å². The Morgan fingerprint density at radius 3 is 2.81 bits per heavy atom. The molecule has 0 aliphatic carbocycles. The summed E-state index contributed by atoms with van der Waals surface area (Å²) in [4.78, 5) is 14.3. The molecule has 1 N–H and O–H groups in total. The molecule has 112 valence electrons. The van der Waals surface area contributed by atoms with Gasteiger partial charge in [0.25, 0.3) is 0 Å². The average molecular weight is 305 g/mol. The number of likely N-dealkylation sites (tertiary alicyclic amines) is 1. The van der Waals surface area contributed by atoms with Gasteiger partial charge in [-0.3, -0.25) is 4.79 Å². The fourth-order valence-electron chi connectivity index (χ4n) is 3.18. The molecule has 1 aliphatic heterocycles. The molecule has 21 heavy (non-hydrogen) atoms. The Bertz CT molecular complexity index is 624. The van der Waals surface area contributed by atoms with Crippen molar-refractivity contribution in [1.82, 2.24) is 10.2 Å². The summed E-state index contributed by atoms with van der Waals surface area (Å²) < 4.78 is 0. The lowest BCUT2D eigenvalue weighted by atomic mass is 9.97. The topological polar surface area (TPSA) is 32.3 Å². The minimum absolute atomic E-state index is 0. The zero-order valence-electron chi connectivity index (χ0n) is 12.2. The van der Waals surface area contributed by atoms with Crippen LogP contribution in [0.4, 0.5) is 0 Å². The third kappa shape index (κ3) is 3.04. The molecule has 2 aromatic carbocycles. The maximum atomic E-state index is 12.2. The molecular formula is C17H21ClN2O. The number of nitrogens with one attached hydrogen (secondary N) is 1. The lowest BCUT2D eigenvalue weighted by molar-refractivity contribution is -0.131. The first kappa shape index (κ1) is 15.8. The Hall–Kier alpha value is -1.58. The van der Waals surface area contributed by atoms with Gasteiger partial charge in [0.15, 0.2) is 0 Å². The number of halogens is 1. The highest BCUT2D eigenvalue weighted by Gasteiger charge is 2.30. The van der Waals surface area contributed by atoms with Crippen molar-refractivity contribution in [2.24, 2.45) is 0 Å². The van der Waals surface area contributed by atoms with Gasteiger partial charge in [0, 0.05) is 6.54 Å². The Morgan fingerprint density at radius 1 is 1.24 bits per heavy atom. The fraction of sp³-hybridized carbons (Fsp3) is 0.353. The van der Waals surface area contributed by atoms with Gasteiger partial charge in [-0.2, -0.15) is 0 Å². The zero-order valence-corrected chi connectivity index (χ0v) is 13.0. The van der Waals surface area contributed by atoms with Crippen LogP contribution in [0.25, 0.3) is 10.8 Å². The van der Waals surface area contributed by atoms with Crippen LogP contribution >= 0.6 is 12.4 Å². The van der Waals surface area contributed by atoms with Gasteiger partial charge < -0.3 is 10.2 Å². The van der Waals surface area contributed by atoms with Crippen LogP contribution in [-0.2, 0) is 4.79 Å². The molecule has 1 aliphatic rings. The lowest BCUT2D eigenvalue weighted by Gasteiger charge is -2.26. The Balaban J connectivity index is 0.00000161. The van der Waals surface area contributed by atoms with Crippen molar-refractivity contribution in [3.8, 4) is 0 Å². The molecule has 1 atom stereocenters. The SMILES string of the molecule is CNCC(=O)N1CCCC1c1cccc2ccccc12.Cl. The smallest absolute Gasteiger partial charge is 0.237 e. The van der Waals surface area contributed by atoms with Gasteiger partial charge in [-0.1, -0.05) is 42.5 Å². The van der Waals surface area contributed by atoms with E-state index in [9.17, 15) is 4.79 Å². The fourth-order valence-corrected chi connectivity index (χ4v) is 3.18. The summed E-state index contributed by atoms with van der Waals surface area (Å²) >= 11 is 0. The molecule has 4 heteroatoms. The number of hydrogen-bond donors (Lipinski definition) is 1. The van der Waals surface area contributed by atoms with Crippen molar-refractivity contribution < 1.29 is 4.79 Å². The molecule has 0 saturated carbocycles. The second-order valence-corrected chi connectivity index (χ2v) is 5.34. The van der Waals surface area contributed by atoms with Crippen LogP contribution in [0, 0.1) is 0 Å². The minimum Gasteiger partial charge on any atom is -0.335 e. The zero-order chi connectivity index (χ0) is 13.9. The van der Waals surface area contributed by atoms with Gasteiger partial charge >= 0.3 is 0 Å². The Kier molecular flexibility index (Phi) is 5.21. The molecule has 0 bridgehead atoms. The molecule has 2 aromatic rings. The van der Waals surface area contributed by atoms with E-state index < -0.39 is 0 Å². The third-order valence-electron chi connectivity index (χ3n) is 4.08. The molecule has 0 aromatic heterocycles. The summed E-state index contributed by atoms with van der Waals surface area (Å²) in [7, 11) is 1.82. The van der Waals surface area contributed by atoms with Gasteiger partial charge in [-0.25, -0.2) is 0 Å². The summed E-state index contributed by atoms with van der Waals surface area (Å²) in [5.41, 5.74) is 1.28. The van der Waals surface area contributed by atoms with E-state index in [-0.39, 0.29) is 24.4 Å². The van der Waals surface area contributed by atoms with Crippen LogP contribution in [0.1, 0.15) is 24.4 Å². The number of rotatable bonds is 3. The van der Waals surface area contributed by atoms with Crippen LogP contribution in [0.5, 0.6) is 0 Å². The van der Waals surface area contributed by atoms with E-state index in [1.807, 2.05) is 11.9 Å². The molecule has 0 spiro atoms. The number of carbonyl (C=O) groups is 1. The van der Waals surface area contributed by atoms with Gasteiger partial charge in [-0.05, 0) is 36.2 Å². The van der Waals surface area contributed by atoms with Gasteiger partial charge in [0.2, 0.25) is 5.91 Å². The summed E-state index contributed by atoms with van der Waals surface area (Å²) in [5, 5.41) is 5.48. The first-order chi connectivity index (χ1) is 9.81. The van der Waals surface area contributed by atoms with Gasteiger partial charge in [0.05, 0.1) is 12.6 Å². The van der Waals surface area contributed by atoms with E-state index in [1.54, 1.807) is 0 Å². The molecule has 1 saturated heterocycles. The van der Waals surface area contributed by atoms with E-state index in [0.29, 0.717) is 6.54 Å². The largest absolute Gasteiger partial charge is 0.335 e. The molecule has 0 radical (unpaired) electrons. The van der Waals surface area contributed by atoms with Crippen molar-refractivity contribution in [2.45, 2.75) is 18.9 Å². The molecule has 3 nitrogen and oxygen atoms in total. The predicted octanol–water partition coefficient (Wildman–Crippen LogP) is 3.14. The van der Waals surface area contributed by atoms with Gasteiger partial charge in [0.1, 0.15) is 0 Å². The molecule has 1 heterocycles. The van der Waals surface area contributed by atoms with E-state index in [2.05, 4.69) is 47.8 Å². The minimum atomic E-state index is 0. The average Bonchev–Trinajstić information content (AvgIpc) is 2.96. The predicted molar refractivity (Wildman–Crippen MR) is 88.8 cm³/mol. The summed E-state index contributed by atoms with van der Waals surface area (Å²) in [6.45, 7) is 1.29. The normalized spacial score (nSPS) is 17.8. The Morgan fingerprint density at radius 2 is 2.00 bits per heavy atom. The monoisotopic (exact) mass is 304 g/mol. The standard InChI is InChI=1S/C17H20N2O.ClH/c1-18-12-17(20)19-11-5-10-16(19)15-9-4-7-13-6-2-3-8-14(13)15;/h2-4,6-9,16,18H,5,10-12H2,1H3;1H. The summed E-state index contributed by atoms with van der Waals surface area (Å²) in [6.07, 6.45) is 2.15. The summed E-state index contributed by atoms with van der Waals surface area (Å²) in [5.74, 6) is 0.197. The molecule has 1 amide bonds. The molecule has 3 rings (SSSR count). The molecular weight excluding hydrogens is 284 g/mol. The van der Waals surface area contributed by atoms with Crippen molar-refractivity contribution in [2.75, 3.05) is 20.1 Å². The van der Waals surface area contributed by atoms with Crippen LogP contribution in [-0.4, -0.2) is 30.9 Å². The maximum absolute atomic E-state index is 12.2. The lowest BCUT2D eigenvalue weighted by Crippen LogP contribution is -2.36. The second kappa shape index (κ2) is 6.92. The number of carbonyl (C=O) groups excluding carboxylic acids is 1. The van der Waals surface area contributed by atoms with Crippen molar-refractivity contribution in [1.29, 1.82) is 0 Å². The van der Waals surface area contributed by atoms with Crippen molar-refractivity contribution >= 4 is 29.1 Å². The van der Waals surface area contributed by atoms with Crippen LogP contribution in [0.2, 0.25) is 0 Å². The first-order valence-electron chi connectivity index (χ1n) is 7.23. The third-order valence-corrected chi connectivity index (χ3v) is 4.08. The highest BCUT2D eigenvalue weighted by Crippen LogP contribution is 2.35. The number of fused-ring (bicyclic) bond motifs is 1. The first-order valence-corrected chi connectivity index (χ1v) is 7.23. The van der Waals surface area contributed by atoms with Gasteiger partial charge in [-0.15, -0.1) is 12.4 Å².